The largest absolute Gasteiger partial charge is 0.481 e. The SMILES string of the molecule is Cc1ccc2nc(C[C@H]3CN(C4CCCCC4)CC[C@H]3CC(=O)O)[nH]c2c1. The van der Waals surface area contributed by atoms with Gasteiger partial charge in [-0.25, -0.2) is 4.98 Å². The molecule has 2 aliphatic rings. The Hall–Kier alpha value is -1.88. The standard InChI is InChI=1S/C22H31N3O2/c1-15-7-8-19-20(11-15)24-21(23-19)12-17-14-25(18-5-3-2-4-6-18)10-9-16(17)13-22(26)27/h7-8,11,16-18H,2-6,9-10,12-14H2,1H3,(H,23,24)(H,26,27)/t16-,17-/m0/s1. The van der Waals surface area contributed by atoms with Crippen LogP contribution in [0.3, 0.4) is 0 Å². The molecule has 5 heteroatoms. The Morgan fingerprint density at radius 2 is 2.04 bits per heavy atom. The lowest BCUT2D eigenvalue weighted by Crippen LogP contribution is -2.47. The molecule has 27 heavy (non-hydrogen) atoms. The van der Waals surface area contributed by atoms with Crippen molar-refractivity contribution in [1.82, 2.24) is 14.9 Å². The van der Waals surface area contributed by atoms with Gasteiger partial charge in [-0.15, -0.1) is 0 Å². The monoisotopic (exact) mass is 369 g/mol. The van der Waals surface area contributed by atoms with E-state index < -0.39 is 5.97 Å². The van der Waals surface area contributed by atoms with Gasteiger partial charge in [0.2, 0.25) is 0 Å². The van der Waals surface area contributed by atoms with Crippen LogP contribution >= 0.6 is 0 Å². The van der Waals surface area contributed by atoms with Gasteiger partial charge in [-0.2, -0.15) is 0 Å². The Balaban J connectivity index is 1.51. The molecule has 1 aromatic heterocycles. The quantitative estimate of drug-likeness (QED) is 0.830. The van der Waals surface area contributed by atoms with Crippen molar-refractivity contribution in [2.75, 3.05) is 13.1 Å². The third-order valence-corrected chi connectivity index (χ3v) is 6.59. The highest BCUT2D eigenvalue weighted by Crippen LogP contribution is 2.33. The number of carboxylic acid groups (broad SMARTS) is 1. The number of aromatic nitrogens is 2. The van der Waals surface area contributed by atoms with E-state index in [4.69, 9.17) is 4.98 Å². The summed E-state index contributed by atoms with van der Waals surface area (Å²) in [6.07, 6.45) is 8.78. The average Bonchev–Trinajstić information content (AvgIpc) is 3.05. The van der Waals surface area contributed by atoms with Crippen LogP contribution in [0.1, 0.15) is 56.3 Å². The maximum atomic E-state index is 11.4. The molecule has 0 amide bonds. The summed E-state index contributed by atoms with van der Waals surface area (Å²) in [5.41, 5.74) is 3.31. The third kappa shape index (κ3) is 4.34. The first-order chi connectivity index (χ1) is 13.1. The van der Waals surface area contributed by atoms with Crippen LogP contribution in [0.4, 0.5) is 0 Å². The van der Waals surface area contributed by atoms with Crippen LogP contribution < -0.4 is 0 Å². The zero-order valence-corrected chi connectivity index (χ0v) is 16.3. The van der Waals surface area contributed by atoms with Crippen LogP contribution in [0.2, 0.25) is 0 Å². The second-order valence-corrected chi connectivity index (χ2v) is 8.60. The Kier molecular flexibility index (Phi) is 5.48. The summed E-state index contributed by atoms with van der Waals surface area (Å²) in [5, 5.41) is 9.37. The number of H-pyrrole nitrogens is 1. The molecule has 0 unspecified atom stereocenters. The van der Waals surface area contributed by atoms with Crippen molar-refractivity contribution in [2.45, 2.75) is 64.3 Å². The van der Waals surface area contributed by atoms with E-state index in [1.165, 1.54) is 37.7 Å². The van der Waals surface area contributed by atoms with Gasteiger partial charge >= 0.3 is 5.97 Å². The predicted molar refractivity (Wildman–Crippen MR) is 107 cm³/mol. The summed E-state index contributed by atoms with van der Waals surface area (Å²) < 4.78 is 0. The topological polar surface area (TPSA) is 69.2 Å². The van der Waals surface area contributed by atoms with Crippen LogP contribution in [0.5, 0.6) is 0 Å². The highest BCUT2D eigenvalue weighted by atomic mass is 16.4. The van der Waals surface area contributed by atoms with Crippen molar-refractivity contribution in [2.24, 2.45) is 11.8 Å². The molecular formula is C22H31N3O2. The Bertz CT molecular complexity index is 794. The lowest BCUT2D eigenvalue weighted by Gasteiger charge is -2.43. The molecule has 2 fully saturated rings. The molecule has 1 aliphatic heterocycles. The third-order valence-electron chi connectivity index (χ3n) is 6.59. The minimum absolute atomic E-state index is 0.247. The predicted octanol–water partition coefficient (Wildman–Crippen LogP) is 4.16. The van der Waals surface area contributed by atoms with Crippen LogP contribution in [-0.4, -0.2) is 45.1 Å². The molecule has 146 valence electrons. The molecule has 2 atom stereocenters. The maximum Gasteiger partial charge on any atom is 0.303 e. The van der Waals surface area contributed by atoms with Crippen molar-refractivity contribution in [3.8, 4) is 0 Å². The van der Waals surface area contributed by atoms with Crippen LogP contribution in [0.15, 0.2) is 18.2 Å². The Labute approximate surface area is 161 Å². The van der Waals surface area contributed by atoms with E-state index in [0.29, 0.717) is 12.0 Å². The summed E-state index contributed by atoms with van der Waals surface area (Å²) in [6.45, 7) is 4.16. The van der Waals surface area contributed by atoms with Crippen molar-refractivity contribution >= 4 is 17.0 Å². The van der Waals surface area contributed by atoms with E-state index in [-0.39, 0.29) is 12.3 Å². The molecule has 0 bridgehead atoms. The first kappa shape index (κ1) is 18.5. The first-order valence-corrected chi connectivity index (χ1v) is 10.5. The van der Waals surface area contributed by atoms with E-state index in [1.807, 2.05) is 0 Å². The van der Waals surface area contributed by atoms with Gasteiger partial charge in [0.1, 0.15) is 5.82 Å². The smallest absolute Gasteiger partial charge is 0.303 e. The molecule has 2 N–H and O–H groups in total. The first-order valence-electron chi connectivity index (χ1n) is 10.5. The number of hydrogen-bond donors (Lipinski definition) is 2. The summed E-state index contributed by atoms with van der Waals surface area (Å²) in [7, 11) is 0. The highest BCUT2D eigenvalue weighted by Gasteiger charge is 2.34. The lowest BCUT2D eigenvalue weighted by atomic mass is 9.79. The number of hydrogen-bond acceptors (Lipinski definition) is 3. The van der Waals surface area contributed by atoms with Gasteiger partial charge in [-0.1, -0.05) is 25.3 Å². The van der Waals surface area contributed by atoms with Crippen molar-refractivity contribution in [3.63, 3.8) is 0 Å². The van der Waals surface area contributed by atoms with Gasteiger partial charge in [0, 0.05) is 25.4 Å². The number of nitrogens with one attached hydrogen (secondary N) is 1. The number of fused-ring (bicyclic) bond motifs is 1. The second kappa shape index (κ2) is 8.01. The number of piperidine rings is 1. The van der Waals surface area contributed by atoms with Gasteiger partial charge in [-0.05, 0) is 62.3 Å². The molecular weight excluding hydrogens is 338 g/mol. The van der Waals surface area contributed by atoms with Crippen molar-refractivity contribution in [1.29, 1.82) is 0 Å². The summed E-state index contributed by atoms with van der Waals surface area (Å²) in [5.74, 6) is 0.938. The van der Waals surface area contributed by atoms with Crippen LogP contribution in [0, 0.1) is 18.8 Å². The molecule has 2 aromatic rings. The Morgan fingerprint density at radius 3 is 2.81 bits per heavy atom. The fourth-order valence-corrected chi connectivity index (χ4v) is 5.13. The van der Waals surface area contributed by atoms with Gasteiger partial charge in [-0.3, -0.25) is 4.79 Å². The molecule has 0 spiro atoms. The number of benzene rings is 1. The molecule has 0 radical (unpaired) electrons. The molecule has 2 heterocycles. The van der Waals surface area contributed by atoms with Gasteiger partial charge in [0.05, 0.1) is 11.0 Å². The van der Waals surface area contributed by atoms with E-state index in [2.05, 4.69) is 35.0 Å². The van der Waals surface area contributed by atoms with E-state index in [9.17, 15) is 9.90 Å². The van der Waals surface area contributed by atoms with E-state index in [1.54, 1.807) is 0 Å². The fourth-order valence-electron chi connectivity index (χ4n) is 5.13. The molecule has 1 aromatic carbocycles. The molecule has 4 rings (SSSR count). The minimum Gasteiger partial charge on any atom is -0.481 e. The normalized spacial score (nSPS) is 25.1. The number of likely N-dealkylation sites (tertiary alicyclic amines) is 1. The number of nitrogens with zero attached hydrogens (tertiary/aromatic N) is 2. The number of carbonyl (C=O) groups is 1. The number of aliphatic carboxylic acids is 1. The fraction of sp³-hybridized carbons (Fsp3) is 0.636. The Morgan fingerprint density at radius 1 is 1.22 bits per heavy atom. The zero-order valence-electron chi connectivity index (χ0n) is 16.3. The van der Waals surface area contributed by atoms with Crippen molar-refractivity contribution in [3.05, 3.63) is 29.6 Å². The lowest BCUT2D eigenvalue weighted by molar-refractivity contribution is -0.139. The number of carboxylic acids is 1. The molecule has 1 saturated carbocycles. The van der Waals surface area contributed by atoms with Gasteiger partial charge in [0.15, 0.2) is 0 Å². The second-order valence-electron chi connectivity index (χ2n) is 8.60. The average molecular weight is 370 g/mol. The number of aryl methyl sites for hydroxylation is 1. The van der Waals surface area contributed by atoms with Gasteiger partial charge < -0.3 is 15.0 Å². The van der Waals surface area contributed by atoms with Crippen LogP contribution in [-0.2, 0) is 11.2 Å². The van der Waals surface area contributed by atoms with E-state index in [0.717, 1.165) is 42.8 Å². The van der Waals surface area contributed by atoms with E-state index >= 15 is 0 Å². The minimum atomic E-state index is -0.670. The maximum absolute atomic E-state index is 11.4. The number of rotatable bonds is 5. The molecule has 1 saturated heterocycles. The van der Waals surface area contributed by atoms with Crippen molar-refractivity contribution < 1.29 is 9.90 Å². The summed E-state index contributed by atoms with van der Waals surface area (Å²) in [6, 6.07) is 6.99. The summed E-state index contributed by atoms with van der Waals surface area (Å²) >= 11 is 0. The highest BCUT2D eigenvalue weighted by molar-refractivity contribution is 5.75. The zero-order chi connectivity index (χ0) is 18.8. The van der Waals surface area contributed by atoms with Gasteiger partial charge in [0.25, 0.3) is 0 Å². The van der Waals surface area contributed by atoms with Crippen LogP contribution in [0.25, 0.3) is 11.0 Å². The number of aromatic amines is 1. The molecule has 5 nitrogen and oxygen atoms in total. The molecule has 1 aliphatic carbocycles. The summed E-state index contributed by atoms with van der Waals surface area (Å²) in [4.78, 5) is 22.3. The number of imidazole rings is 1.